The van der Waals surface area contributed by atoms with Crippen molar-refractivity contribution in [2.45, 2.75) is 20.0 Å². The minimum atomic E-state index is -1.08. The predicted octanol–water partition coefficient (Wildman–Crippen LogP) is 4.61. The fourth-order valence-electron chi connectivity index (χ4n) is 2.77. The third kappa shape index (κ3) is 5.69. The quantitative estimate of drug-likeness (QED) is 0.600. The van der Waals surface area contributed by atoms with Crippen LogP contribution in [-0.4, -0.2) is 18.5 Å². The molecule has 0 fully saturated rings. The average Bonchev–Trinajstić information content (AvgIpc) is 2.73. The molecule has 0 bridgehead atoms. The number of hydrogen-bond donors (Lipinski definition) is 1. The summed E-state index contributed by atoms with van der Waals surface area (Å²) in [6.45, 7) is 3.57. The van der Waals surface area contributed by atoms with Crippen LogP contribution in [0.4, 0.5) is 5.69 Å². The summed E-state index contributed by atoms with van der Waals surface area (Å²) < 4.78 is 11.0. The Morgan fingerprint density at radius 3 is 2.21 bits per heavy atom. The summed E-state index contributed by atoms with van der Waals surface area (Å²) in [5.74, 6) is -0.449. The summed E-state index contributed by atoms with van der Waals surface area (Å²) in [6, 6.07) is 23.7. The standard InChI is InChI=1S/C24H23NO4/c1-17-12-14-20(15-13-17)25-24(27)23(19-9-4-3-5-10-19)29-22(26)16-28-21-11-7-6-8-18(21)2/h3-15,23H,16H2,1-2H3,(H,25,27)/t23-/m0/s1. The van der Waals surface area contributed by atoms with Gasteiger partial charge in [-0.05, 0) is 37.6 Å². The molecule has 29 heavy (non-hydrogen) atoms. The Balaban J connectivity index is 1.70. The monoisotopic (exact) mass is 389 g/mol. The SMILES string of the molecule is Cc1ccc(NC(=O)[C@@H](OC(=O)COc2ccccc2C)c2ccccc2)cc1. The zero-order chi connectivity index (χ0) is 20.6. The maximum absolute atomic E-state index is 12.8. The highest BCUT2D eigenvalue weighted by Crippen LogP contribution is 2.21. The lowest BCUT2D eigenvalue weighted by Crippen LogP contribution is -2.28. The second-order valence-corrected chi connectivity index (χ2v) is 6.69. The van der Waals surface area contributed by atoms with Crippen LogP contribution >= 0.6 is 0 Å². The number of amides is 1. The first-order valence-electron chi connectivity index (χ1n) is 9.33. The largest absolute Gasteiger partial charge is 0.482 e. The molecule has 0 unspecified atom stereocenters. The van der Waals surface area contributed by atoms with E-state index < -0.39 is 18.0 Å². The molecular formula is C24H23NO4. The number of rotatable bonds is 7. The molecule has 0 aliphatic heterocycles. The molecule has 0 aromatic heterocycles. The topological polar surface area (TPSA) is 64.6 Å². The van der Waals surface area contributed by atoms with E-state index in [4.69, 9.17) is 9.47 Å². The van der Waals surface area contributed by atoms with Crippen LogP contribution in [0.5, 0.6) is 5.75 Å². The minimum Gasteiger partial charge on any atom is -0.482 e. The molecule has 0 saturated carbocycles. The van der Waals surface area contributed by atoms with Crippen molar-refractivity contribution in [2.75, 3.05) is 11.9 Å². The Labute approximate surface area is 170 Å². The molecule has 1 N–H and O–H groups in total. The summed E-state index contributed by atoms with van der Waals surface area (Å²) in [4.78, 5) is 25.2. The molecule has 0 spiro atoms. The van der Waals surface area contributed by atoms with Gasteiger partial charge >= 0.3 is 5.97 Å². The highest BCUT2D eigenvalue weighted by atomic mass is 16.6. The van der Waals surface area contributed by atoms with Gasteiger partial charge in [0.2, 0.25) is 6.10 Å². The van der Waals surface area contributed by atoms with E-state index in [2.05, 4.69) is 5.32 Å². The number of benzene rings is 3. The molecule has 3 aromatic rings. The summed E-state index contributed by atoms with van der Waals surface area (Å²) >= 11 is 0. The van der Waals surface area contributed by atoms with Crippen LogP contribution in [0.3, 0.4) is 0 Å². The molecular weight excluding hydrogens is 366 g/mol. The molecule has 0 aliphatic rings. The molecule has 0 aliphatic carbocycles. The van der Waals surface area contributed by atoms with Crippen LogP contribution in [0.1, 0.15) is 22.8 Å². The molecule has 0 radical (unpaired) electrons. The summed E-state index contributed by atoms with van der Waals surface area (Å²) in [5.41, 5.74) is 3.22. The van der Waals surface area contributed by atoms with E-state index in [1.165, 1.54) is 0 Å². The fourth-order valence-corrected chi connectivity index (χ4v) is 2.77. The highest BCUT2D eigenvalue weighted by molar-refractivity contribution is 5.96. The Kier molecular flexibility index (Phi) is 6.63. The second-order valence-electron chi connectivity index (χ2n) is 6.69. The molecule has 0 heterocycles. The highest BCUT2D eigenvalue weighted by Gasteiger charge is 2.25. The smallest absolute Gasteiger partial charge is 0.345 e. The molecule has 148 valence electrons. The van der Waals surface area contributed by atoms with Gasteiger partial charge in [0, 0.05) is 11.3 Å². The minimum absolute atomic E-state index is 0.286. The van der Waals surface area contributed by atoms with Crippen molar-refractivity contribution in [3.63, 3.8) is 0 Å². The molecule has 0 saturated heterocycles. The molecule has 5 heteroatoms. The van der Waals surface area contributed by atoms with E-state index >= 15 is 0 Å². The number of esters is 1. The molecule has 1 atom stereocenters. The van der Waals surface area contributed by atoms with Gasteiger partial charge in [-0.1, -0.05) is 66.2 Å². The van der Waals surface area contributed by atoms with Gasteiger partial charge in [-0.25, -0.2) is 4.79 Å². The van der Waals surface area contributed by atoms with E-state index in [-0.39, 0.29) is 6.61 Å². The predicted molar refractivity (Wildman–Crippen MR) is 112 cm³/mol. The van der Waals surface area contributed by atoms with Gasteiger partial charge in [0.25, 0.3) is 5.91 Å². The van der Waals surface area contributed by atoms with Gasteiger partial charge in [0.1, 0.15) is 5.75 Å². The van der Waals surface area contributed by atoms with Gasteiger partial charge < -0.3 is 14.8 Å². The van der Waals surface area contributed by atoms with Gasteiger partial charge in [0.15, 0.2) is 6.61 Å². The average molecular weight is 389 g/mol. The summed E-state index contributed by atoms with van der Waals surface area (Å²) in [5, 5.41) is 2.80. The lowest BCUT2D eigenvalue weighted by Gasteiger charge is -2.18. The van der Waals surface area contributed by atoms with Crippen molar-refractivity contribution in [1.82, 2.24) is 0 Å². The second kappa shape index (κ2) is 9.55. The third-order valence-corrected chi connectivity index (χ3v) is 4.35. The molecule has 1 amide bonds. The number of carbonyl (C=O) groups is 2. The first-order chi connectivity index (χ1) is 14.0. The Morgan fingerprint density at radius 2 is 1.52 bits per heavy atom. The first-order valence-corrected chi connectivity index (χ1v) is 9.33. The van der Waals surface area contributed by atoms with Crippen LogP contribution in [0, 0.1) is 13.8 Å². The van der Waals surface area contributed by atoms with E-state index in [1.54, 1.807) is 42.5 Å². The zero-order valence-electron chi connectivity index (χ0n) is 16.4. The number of nitrogens with one attached hydrogen (secondary N) is 1. The Bertz CT molecular complexity index is 968. The fraction of sp³-hybridized carbons (Fsp3) is 0.167. The lowest BCUT2D eigenvalue weighted by molar-refractivity contribution is -0.156. The van der Waals surface area contributed by atoms with Crippen molar-refractivity contribution < 1.29 is 19.1 Å². The van der Waals surface area contributed by atoms with Gasteiger partial charge in [-0.2, -0.15) is 0 Å². The maximum atomic E-state index is 12.8. The summed E-state index contributed by atoms with van der Waals surface area (Å²) in [6.07, 6.45) is -1.08. The van der Waals surface area contributed by atoms with Gasteiger partial charge in [0.05, 0.1) is 0 Å². The Hall–Kier alpha value is -3.60. The number of ether oxygens (including phenoxy) is 2. The van der Waals surface area contributed by atoms with E-state index in [9.17, 15) is 9.59 Å². The number of para-hydroxylation sites is 1. The van der Waals surface area contributed by atoms with Crippen molar-refractivity contribution in [2.24, 2.45) is 0 Å². The van der Waals surface area contributed by atoms with Gasteiger partial charge in [-0.3, -0.25) is 4.79 Å². The number of carbonyl (C=O) groups excluding carboxylic acids is 2. The third-order valence-electron chi connectivity index (χ3n) is 4.35. The van der Waals surface area contributed by atoms with E-state index in [0.717, 1.165) is 11.1 Å². The van der Waals surface area contributed by atoms with Crippen molar-refractivity contribution >= 4 is 17.6 Å². The van der Waals surface area contributed by atoms with Crippen LogP contribution < -0.4 is 10.1 Å². The molecule has 3 rings (SSSR count). The van der Waals surface area contributed by atoms with Crippen LogP contribution in [0.2, 0.25) is 0 Å². The van der Waals surface area contributed by atoms with Crippen LogP contribution in [0.25, 0.3) is 0 Å². The van der Waals surface area contributed by atoms with E-state index in [1.807, 2.05) is 50.2 Å². The molecule has 5 nitrogen and oxygen atoms in total. The van der Waals surface area contributed by atoms with Gasteiger partial charge in [-0.15, -0.1) is 0 Å². The summed E-state index contributed by atoms with van der Waals surface area (Å²) in [7, 11) is 0. The van der Waals surface area contributed by atoms with Crippen LogP contribution in [0.15, 0.2) is 78.9 Å². The normalized spacial score (nSPS) is 11.4. The van der Waals surface area contributed by atoms with Crippen molar-refractivity contribution in [3.05, 3.63) is 95.6 Å². The zero-order valence-corrected chi connectivity index (χ0v) is 16.4. The van der Waals surface area contributed by atoms with Crippen molar-refractivity contribution in [3.8, 4) is 5.75 Å². The van der Waals surface area contributed by atoms with Crippen molar-refractivity contribution in [1.29, 1.82) is 0 Å². The Morgan fingerprint density at radius 1 is 0.862 bits per heavy atom. The van der Waals surface area contributed by atoms with E-state index in [0.29, 0.717) is 17.0 Å². The molecule has 3 aromatic carbocycles. The lowest BCUT2D eigenvalue weighted by atomic mass is 10.1. The maximum Gasteiger partial charge on any atom is 0.345 e. The number of aryl methyl sites for hydroxylation is 2. The first kappa shape index (κ1) is 20.1. The number of hydrogen-bond acceptors (Lipinski definition) is 4. The van der Waals surface area contributed by atoms with Crippen LogP contribution in [-0.2, 0) is 14.3 Å². The number of anilines is 1.